The van der Waals surface area contributed by atoms with E-state index in [-0.39, 0.29) is 0 Å². The Morgan fingerprint density at radius 1 is 0.618 bits per heavy atom. The van der Waals surface area contributed by atoms with Crippen LogP contribution in [0.25, 0.3) is 38.6 Å². The van der Waals surface area contributed by atoms with Crippen LogP contribution in [0.4, 0.5) is 0 Å². The summed E-state index contributed by atoms with van der Waals surface area (Å²) in [5, 5.41) is 31.6. The van der Waals surface area contributed by atoms with Gasteiger partial charge in [-0.05, 0) is 52.0 Å². The summed E-state index contributed by atoms with van der Waals surface area (Å²) in [4.78, 5) is 0.651. The fraction of sp³-hybridized carbons (Fsp3) is 0.174. The Morgan fingerprint density at radius 2 is 1.15 bits per heavy atom. The van der Waals surface area contributed by atoms with Crippen molar-refractivity contribution in [3.63, 3.8) is 0 Å². The van der Waals surface area contributed by atoms with E-state index in [0.717, 1.165) is 22.8 Å². The number of aromatic nitrogens is 10. The first kappa shape index (κ1) is 20.4. The van der Waals surface area contributed by atoms with Gasteiger partial charge in [-0.25, -0.2) is 9.36 Å². The fourth-order valence-corrected chi connectivity index (χ4v) is 4.66. The molecule has 0 atom stereocenters. The molecule has 4 aromatic heterocycles. The van der Waals surface area contributed by atoms with Gasteiger partial charge in [-0.2, -0.15) is 9.61 Å². The van der Waals surface area contributed by atoms with E-state index in [0.29, 0.717) is 27.2 Å². The van der Waals surface area contributed by atoms with E-state index >= 15 is 0 Å². The van der Waals surface area contributed by atoms with Crippen molar-refractivity contribution in [1.82, 2.24) is 49.8 Å². The van der Waals surface area contributed by atoms with Gasteiger partial charge in [0.1, 0.15) is 5.69 Å². The van der Waals surface area contributed by atoms with Crippen molar-refractivity contribution in [2.45, 2.75) is 27.7 Å². The zero-order valence-electron chi connectivity index (χ0n) is 19.0. The molecular weight excluding hydrogens is 448 g/mol. The van der Waals surface area contributed by atoms with Gasteiger partial charge in [-0.15, -0.1) is 20.4 Å². The maximum atomic E-state index is 4.75. The summed E-state index contributed by atoms with van der Waals surface area (Å²) in [7, 11) is 0. The van der Waals surface area contributed by atoms with E-state index in [4.69, 9.17) is 5.10 Å². The van der Waals surface area contributed by atoms with Gasteiger partial charge in [0.2, 0.25) is 10.8 Å². The average Bonchev–Trinajstić information content (AvgIpc) is 3.59. The van der Waals surface area contributed by atoms with E-state index in [1.54, 1.807) is 9.20 Å². The highest BCUT2D eigenvalue weighted by atomic mass is 32.1. The summed E-state index contributed by atoms with van der Waals surface area (Å²) in [5.74, 6) is 0.539. The largest absolute Gasteiger partial charge is 0.235 e. The number of nitrogens with zero attached hydrogens (tertiary/aromatic N) is 10. The lowest BCUT2D eigenvalue weighted by atomic mass is 10.2. The molecule has 6 aromatic rings. The van der Waals surface area contributed by atoms with Crippen LogP contribution in [-0.2, 0) is 0 Å². The number of aryl methyl sites for hydroxylation is 2. The molecule has 0 N–H and O–H groups in total. The number of hydrogen-bond acceptors (Lipinski definition) is 8. The average molecular weight is 469 g/mol. The lowest BCUT2D eigenvalue weighted by Gasteiger charge is -2.03. The van der Waals surface area contributed by atoms with Gasteiger partial charge in [-0.1, -0.05) is 57.2 Å². The SMILES string of the molecule is Cc1ccc(-n2nnc(-c3nn4c(-c5nnn(-c6ccc(C)cc6)c5C)nnc4s3)c2C)cc1. The van der Waals surface area contributed by atoms with Gasteiger partial charge in [-0.3, -0.25) is 0 Å². The second kappa shape index (κ2) is 7.66. The van der Waals surface area contributed by atoms with Gasteiger partial charge in [0.05, 0.1) is 22.8 Å². The monoisotopic (exact) mass is 468 g/mol. The van der Waals surface area contributed by atoms with Crippen LogP contribution < -0.4 is 0 Å². The van der Waals surface area contributed by atoms with E-state index in [1.165, 1.54) is 22.5 Å². The zero-order chi connectivity index (χ0) is 23.4. The Labute approximate surface area is 198 Å². The lowest BCUT2D eigenvalue weighted by Crippen LogP contribution is -2.00. The number of fused-ring (bicyclic) bond motifs is 1. The molecule has 11 heteroatoms. The molecule has 0 radical (unpaired) electrons. The highest BCUT2D eigenvalue weighted by molar-refractivity contribution is 7.19. The number of benzene rings is 2. The second-order valence-electron chi connectivity index (χ2n) is 8.17. The van der Waals surface area contributed by atoms with E-state index in [2.05, 4.69) is 56.8 Å². The Balaban J connectivity index is 1.39. The summed E-state index contributed by atoms with van der Waals surface area (Å²) in [5.41, 5.74) is 7.36. The first-order valence-corrected chi connectivity index (χ1v) is 11.5. The first-order chi connectivity index (χ1) is 16.5. The maximum Gasteiger partial charge on any atom is 0.235 e. The fourth-order valence-electron chi connectivity index (χ4n) is 3.79. The molecule has 0 bridgehead atoms. The summed E-state index contributed by atoms with van der Waals surface area (Å²) >= 11 is 1.41. The van der Waals surface area contributed by atoms with Crippen molar-refractivity contribution < 1.29 is 0 Å². The van der Waals surface area contributed by atoms with Gasteiger partial charge in [0, 0.05) is 0 Å². The summed E-state index contributed by atoms with van der Waals surface area (Å²) in [6, 6.07) is 16.3. The normalized spacial score (nSPS) is 11.5. The molecule has 0 saturated heterocycles. The van der Waals surface area contributed by atoms with Gasteiger partial charge in [0.15, 0.2) is 10.7 Å². The Bertz CT molecular complexity index is 1630. The predicted molar refractivity (Wildman–Crippen MR) is 128 cm³/mol. The van der Waals surface area contributed by atoms with Crippen molar-refractivity contribution in [2.24, 2.45) is 0 Å². The van der Waals surface area contributed by atoms with Crippen LogP contribution in [0.15, 0.2) is 48.5 Å². The van der Waals surface area contributed by atoms with Gasteiger partial charge < -0.3 is 0 Å². The zero-order valence-corrected chi connectivity index (χ0v) is 19.8. The quantitative estimate of drug-likeness (QED) is 0.386. The third-order valence-electron chi connectivity index (χ3n) is 5.75. The Morgan fingerprint density at radius 3 is 1.74 bits per heavy atom. The summed E-state index contributed by atoms with van der Waals surface area (Å²) in [6.45, 7) is 8.05. The highest BCUT2D eigenvalue weighted by Crippen LogP contribution is 2.30. The van der Waals surface area contributed by atoms with Crippen LogP contribution in [0.1, 0.15) is 22.5 Å². The molecule has 0 aliphatic rings. The molecule has 10 nitrogen and oxygen atoms in total. The molecule has 0 amide bonds. The second-order valence-corrected chi connectivity index (χ2v) is 9.12. The first-order valence-electron chi connectivity index (χ1n) is 10.7. The van der Waals surface area contributed by atoms with Crippen molar-refractivity contribution in [1.29, 1.82) is 0 Å². The Kier molecular flexibility index (Phi) is 4.59. The highest BCUT2D eigenvalue weighted by Gasteiger charge is 2.23. The molecule has 0 unspecified atom stereocenters. The van der Waals surface area contributed by atoms with Gasteiger partial charge >= 0.3 is 0 Å². The standard InChI is InChI=1S/C23H20N10S/c1-13-5-9-17(10-6-13)31-15(3)19(24-29-31)21-26-27-23-33(21)28-22(34-23)20-16(4)32(30-25-20)18-11-7-14(2)8-12-18/h5-12H,1-4H3. The van der Waals surface area contributed by atoms with E-state index < -0.39 is 0 Å². The molecule has 2 aromatic carbocycles. The minimum absolute atomic E-state index is 0.539. The number of rotatable bonds is 4. The molecule has 0 aliphatic carbocycles. The van der Waals surface area contributed by atoms with Crippen LogP contribution in [0.2, 0.25) is 0 Å². The third kappa shape index (κ3) is 3.20. The van der Waals surface area contributed by atoms with Crippen molar-refractivity contribution in [3.05, 3.63) is 71.0 Å². The van der Waals surface area contributed by atoms with Crippen molar-refractivity contribution in [3.8, 4) is 33.6 Å². The van der Waals surface area contributed by atoms with Crippen LogP contribution in [0.5, 0.6) is 0 Å². The Hall–Kier alpha value is -4.25. The molecule has 4 heterocycles. The number of hydrogen-bond donors (Lipinski definition) is 0. The molecule has 6 rings (SSSR count). The molecule has 0 fully saturated rings. The summed E-state index contributed by atoms with van der Waals surface area (Å²) in [6.07, 6.45) is 0. The van der Waals surface area contributed by atoms with Crippen LogP contribution in [0.3, 0.4) is 0 Å². The van der Waals surface area contributed by atoms with Crippen LogP contribution >= 0.6 is 11.3 Å². The predicted octanol–water partition coefficient (Wildman–Crippen LogP) is 3.91. The molecule has 0 saturated carbocycles. The topological polar surface area (TPSA) is 104 Å². The van der Waals surface area contributed by atoms with Crippen LogP contribution in [0, 0.1) is 27.7 Å². The van der Waals surface area contributed by atoms with Crippen molar-refractivity contribution >= 4 is 16.3 Å². The maximum absolute atomic E-state index is 4.75. The van der Waals surface area contributed by atoms with Crippen LogP contribution in [-0.4, -0.2) is 49.8 Å². The minimum atomic E-state index is 0.539. The molecular formula is C23H20N10S. The third-order valence-corrected chi connectivity index (χ3v) is 6.66. The smallest absolute Gasteiger partial charge is 0.217 e. The van der Waals surface area contributed by atoms with Gasteiger partial charge in [0.25, 0.3) is 0 Å². The lowest BCUT2D eigenvalue weighted by molar-refractivity contribution is 0.784. The molecule has 0 aliphatic heterocycles. The van der Waals surface area contributed by atoms with E-state index in [9.17, 15) is 0 Å². The molecule has 34 heavy (non-hydrogen) atoms. The van der Waals surface area contributed by atoms with E-state index in [1.807, 2.05) is 54.9 Å². The molecule has 168 valence electrons. The summed E-state index contributed by atoms with van der Waals surface area (Å²) < 4.78 is 5.30. The van der Waals surface area contributed by atoms with Crippen molar-refractivity contribution in [2.75, 3.05) is 0 Å². The minimum Gasteiger partial charge on any atom is -0.217 e. The molecule has 0 spiro atoms.